The Hall–Kier alpha value is -1.79. The zero-order chi connectivity index (χ0) is 13.8. The van der Waals surface area contributed by atoms with E-state index in [-0.39, 0.29) is 5.82 Å². The highest BCUT2D eigenvalue weighted by molar-refractivity contribution is 5.35. The third kappa shape index (κ3) is 3.02. The summed E-state index contributed by atoms with van der Waals surface area (Å²) in [6.45, 7) is 5.20. The molecule has 0 bridgehead atoms. The molecule has 1 fully saturated rings. The predicted molar refractivity (Wildman–Crippen MR) is 74.3 cm³/mol. The third-order valence-electron chi connectivity index (χ3n) is 3.60. The maximum absolute atomic E-state index is 14.1. The zero-order valence-corrected chi connectivity index (χ0v) is 11.3. The van der Waals surface area contributed by atoms with Crippen LogP contribution in [0.5, 0.6) is 0 Å². The molecule has 2 heterocycles. The molecule has 1 aromatic heterocycles. The molecule has 1 aliphatic heterocycles. The van der Waals surface area contributed by atoms with Gasteiger partial charge in [-0.3, -0.25) is 0 Å². The molecule has 0 radical (unpaired) electrons. The van der Waals surface area contributed by atoms with Gasteiger partial charge in [-0.2, -0.15) is 5.10 Å². The Balaban J connectivity index is 1.64. The Morgan fingerprint density at radius 3 is 2.80 bits per heavy atom. The molecule has 106 valence electrons. The van der Waals surface area contributed by atoms with E-state index in [2.05, 4.69) is 20.3 Å². The van der Waals surface area contributed by atoms with Crippen LogP contribution in [0.15, 0.2) is 30.9 Å². The second-order valence-electron chi connectivity index (χ2n) is 4.97. The molecule has 0 unspecified atom stereocenters. The van der Waals surface area contributed by atoms with Crippen molar-refractivity contribution in [3.05, 3.63) is 42.2 Å². The van der Waals surface area contributed by atoms with Gasteiger partial charge in [-0.05, 0) is 24.1 Å². The van der Waals surface area contributed by atoms with Crippen molar-refractivity contribution in [2.45, 2.75) is 6.42 Å². The van der Waals surface area contributed by atoms with Gasteiger partial charge in [-0.15, -0.1) is 0 Å². The minimum Gasteiger partial charge on any atom is -0.314 e. The van der Waals surface area contributed by atoms with Crippen LogP contribution in [-0.2, 0) is 6.42 Å². The highest BCUT2D eigenvalue weighted by Crippen LogP contribution is 2.14. The van der Waals surface area contributed by atoms with Crippen LogP contribution >= 0.6 is 0 Å². The Morgan fingerprint density at radius 1 is 1.25 bits per heavy atom. The molecule has 0 spiro atoms. The number of piperazine rings is 1. The van der Waals surface area contributed by atoms with Crippen LogP contribution in [0.2, 0.25) is 0 Å². The van der Waals surface area contributed by atoms with Crippen LogP contribution < -0.4 is 5.32 Å². The Bertz CT molecular complexity index is 549. The molecule has 1 saturated heterocycles. The van der Waals surface area contributed by atoms with Crippen molar-refractivity contribution in [3.8, 4) is 5.69 Å². The Labute approximate surface area is 117 Å². The Kier molecular flexibility index (Phi) is 4.03. The summed E-state index contributed by atoms with van der Waals surface area (Å²) in [5.74, 6) is -0.256. The summed E-state index contributed by atoms with van der Waals surface area (Å²) in [7, 11) is 0. The lowest BCUT2D eigenvalue weighted by atomic mass is 10.1. The number of hydrogen-bond acceptors (Lipinski definition) is 4. The van der Waals surface area contributed by atoms with Gasteiger partial charge in [0.1, 0.15) is 24.2 Å². The van der Waals surface area contributed by atoms with Crippen LogP contribution in [0.25, 0.3) is 5.69 Å². The molecule has 6 heteroatoms. The van der Waals surface area contributed by atoms with Crippen molar-refractivity contribution in [1.29, 1.82) is 0 Å². The van der Waals surface area contributed by atoms with Crippen molar-refractivity contribution in [2.75, 3.05) is 32.7 Å². The van der Waals surface area contributed by atoms with Crippen LogP contribution in [0.4, 0.5) is 4.39 Å². The first kappa shape index (κ1) is 13.2. The van der Waals surface area contributed by atoms with E-state index in [1.54, 1.807) is 12.1 Å². The topological polar surface area (TPSA) is 46.0 Å². The van der Waals surface area contributed by atoms with Crippen molar-refractivity contribution in [3.63, 3.8) is 0 Å². The van der Waals surface area contributed by atoms with Crippen LogP contribution in [0, 0.1) is 5.82 Å². The van der Waals surface area contributed by atoms with Crippen molar-refractivity contribution in [1.82, 2.24) is 25.0 Å². The molecular weight excluding hydrogens is 257 g/mol. The van der Waals surface area contributed by atoms with Crippen molar-refractivity contribution < 1.29 is 4.39 Å². The molecule has 1 N–H and O–H groups in total. The molecule has 0 aliphatic carbocycles. The van der Waals surface area contributed by atoms with Gasteiger partial charge in [0.2, 0.25) is 0 Å². The molecule has 0 atom stereocenters. The lowest BCUT2D eigenvalue weighted by Crippen LogP contribution is -2.44. The number of nitrogens with one attached hydrogen (secondary N) is 1. The number of benzene rings is 1. The fraction of sp³-hybridized carbons (Fsp3) is 0.429. The van der Waals surface area contributed by atoms with Gasteiger partial charge in [-0.25, -0.2) is 14.1 Å². The van der Waals surface area contributed by atoms with Gasteiger partial charge in [0, 0.05) is 32.7 Å². The average Bonchev–Trinajstić information content (AvgIpc) is 3.00. The number of aromatic nitrogens is 3. The molecule has 0 saturated carbocycles. The third-order valence-corrected chi connectivity index (χ3v) is 3.60. The molecule has 1 aliphatic rings. The molecule has 1 aromatic carbocycles. The Morgan fingerprint density at radius 2 is 2.10 bits per heavy atom. The van der Waals surface area contributed by atoms with E-state index in [0.717, 1.165) is 44.7 Å². The summed E-state index contributed by atoms with van der Waals surface area (Å²) in [5.41, 5.74) is 1.46. The number of nitrogens with zero attached hydrogens (tertiary/aromatic N) is 4. The van der Waals surface area contributed by atoms with Crippen molar-refractivity contribution >= 4 is 0 Å². The molecule has 2 aromatic rings. The molecule has 5 nitrogen and oxygen atoms in total. The fourth-order valence-corrected chi connectivity index (χ4v) is 2.45. The number of halogens is 1. The smallest absolute Gasteiger partial charge is 0.149 e. The maximum Gasteiger partial charge on any atom is 0.149 e. The summed E-state index contributed by atoms with van der Waals surface area (Å²) in [6.07, 6.45) is 3.77. The second kappa shape index (κ2) is 6.11. The van der Waals surface area contributed by atoms with Crippen LogP contribution in [0.3, 0.4) is 0 Å². The first-order valence-corrected chi connectivity index (χ1v) is 6.89. The monoisotopic (exact) mass is 275 g/mol. The van der Waals surface area contributed by atoms with E-state index >= 15 is 0 Å². The normalized spacial score (nSPS) is 16.4. The lowest BCUT2D eigenvalue weighted by molar-refractivity contribution is 0.244. The summed E-state index contributed by atoms with van der Waals surface area (Å²) < 4.78 is 15.5. The quantitative estimate of drug-likeness (QED) is 0.899. The standard InChI is InChI=1S/C14H18FN5/c15-13-9-12(3-6-19-7-4-16-5-8-19)1-2-14(13)20-11-17-10-18-20/h1-2,9-11,16H,3-8H2. The van der Waals surface area contributed by atoms with E-state index in [1.807, 2.05) is 6.07 Å². The van der Waals surface area contributed by atoms with Gasteiger partial charge in [0.15, 0.2) is 0 Å². The van der Waals surface area contributed by atoms with Gasteiger partial charge < -0.3 is 10.2 Å². The summed E-state index contributed by atoms with van der Waals surface area (Å²) in [4.78, 5) is 6.23. The van der Waals surface area contributed by atoms with Gasteiger partial charge in [0.25, 0.3) is 0 Å². The number of rotatable bonds is 4. The molecular formula is C14H18FN5. The summed E-state index contributed by atoms with van der Waals surface area (Å²) in [6, 6.07) is 5.32. The maximum atomic E-state index is 14.1. The number of hydrogen-bond donors (Lipinski definition) is 1. The largest absolute Gasteiger partial charge is 0.314 e. The van der Waals surface area contributed by atoms with E-state index in [0.29, 0.717) is 5.69 Å². The lowest BCUT2D eigenvalue weighted by Gasteiger charge is -2.27. The first-order chi connectivity index (χ1) is 9.83. The molecule has 20 heavy (non-hydrogen) atoms. The van der Waals surface area contributed by atoms with E-state index in [9.17, 15) is 4.39 Å². The van der Waals surface area contributed by atoms with E-state index in [4.69, 9.17) is 0 Å². The zero-order valence-electron chi connectivity index (χ0n) is 11.3. The fourth-order valence-electron chi connectivity index (χ4n) is 2.45. The minimum atomic E-state index is -0.256. The first-order valence-electron chi connectivity index (χ1n) is 6.89. The predicted octanol–water partition coefficient (Wildman–Crippen LogP) is 0.854. The SMILES string of the molecule is Fc1cc(CCN2CCNCC2)ccc1-n1cncn1. The van der Waals surface area contributed by atoms with Gasteiger partial charge >= 0.3 is 0 Å². The van der Waals surface area contributed by atoms with Gasteiger partial charge in [0.05, 0.1) is 0 Å². The van der Waals surface area contributed by atoms with E-state index in [1.165, 1.54) is 17.3 Å². The highest BCUT2D eigenvalue weighted by atomic mass is 19.1. The second-order valence-corrected chi connectivity index (χ2v) is 4.97. The minimum absolute atomic E-state index is 0.256. The summed E-state index contributed by atoms with van der Waals surface area (Å²) >= 11 is 0. The van der Waals surface area contributed by atoms with Crippen molar-refractivity contribution in [2.24, 2.45) is 0 Å². The average molecular weight is 275 g/mol. The molecule has 0 amide bonds. The molecule has 3 rings (SSSR count). The van der Waals surface area contributed by atoms with Crippen LogP contribution in [0.1, 0.15) is 5.56 Å². The van der Waals surface area contributed by atoms with E-state index < -0.39 is 0 Å². The summed E-state index contributed by atoms with van der Waals surface area (Å²) in [5, 5.41) is 7.27. The van der Waals surface area contributed by atoms with Crippen LogP contribution in [-0.4, -0.2) is 52.4 Å². The highest BCUT2D eigenvalue weighted by Gasteiger charge is 2.10. The van der Waals surface area contributed by atoms with Gasteiger partial charge in [-0.1, -0.05) is 6.07 Å².